The summed E-state index contributed by atoms with van der Waals surface area (Å²) >= 11 is 0. The number of hydrogen-bond donors (Lipinski definition) is 0. The van der Waals surface area contributed by atoms with Gasteiger partial charge in [0.2, 0.25) is 5.91 Å². The number of aldehydes is 1. The van der Waals surface area contributed by atoms with Crippen LogP contribution in [0, 0.1) is 0 Å². The second-order valence-corrected chi connectivity index (χ2v) is 6.00. The van der Waals surface area contributed by atoms with Crippen molar-refractivity contribution < 1.29 is 23.8 Å². The molecule has 6 nitrogen and oxygen atoms in total. The number of ether oxygens (including phenoxy) is 3. The fraction of sp³-hybridized carbons (Fsp3) is 0.273. The Balaban J connectivity index is 2.16. The molecule has 0 N–H and O–H groups in total. The van der Waals surface area contributed by atoms with Crippen molar-refractivity contribution in [2.24, 2.45) is 0 Å². The highest BCUT2D eigenvalue weighted by molar-refractivity contribution is 5.92. The van der Waals surface area contributed by atoms with Gasteiger partial charge in [-0.2, -0.15) is 0 Å². The molecule has 2 aromatic carbocycles. The SMILES string of the molecule is COc1ccc(/C=C/C(=O)N(CCC=O)Cc2ccc(OC)cc2OC)cc1. The van der Waals surface area contributed by atoms with Crippen LogP contribution in [0.3, 0.4) is 0 Å². The van der Waals surface area contributed by atoms with Gasteiger partial charge in [0, 0.05) is 37.2 Å². The van der Waals surface area contributed by atoms with E-state index in [-0.39, 0.29) is 12.3 Å². The standard InChI is InChI=1S/C22H25NO5/c1-26-19-9-5-17(6-10-19)7-12-22(25)23(13-4-14-24)16-18-8-11-20(27-2)15-21(18)28-3/h5-12,14-15H,4,13,16H2,1-3H3/b12-7+. The van der Waals surface area contributed by atoms with Gasteiger partial charge in [-0.05, 0) is 35.9 Å². The summed E-state index contributed by atoms with van der Waals surface area (Å²) in [5, 5.41) is 0. The second-order valence-electron chi connectivity index (χ2n) is 6.00. The summed E-state index contributed by atoms with van der Waals surface area (Å²) in [6.45, 7) is 0.650. The fourth-order valence-electron chi connectivity index (χ4n) is 2.65. The van der Waals surface area contributed by atoms with Crippen LogP contribution in [0.5, 0.6) is 17.2 Å². The first kappa shape index (κ1) is 21.0. The van der Waals surface area contributed by atoms with Gasteiger partial charge in [0.15, 0.2) is 0 Å². The van der Waals surface area contributed by atoms with Crippen LogP contribution in [-0.2, 0) is 16.1 Å². The Morgan fingerprint density at radius 2 is 1.64 bits per heavy atom. The van der Waals surface area contributed by atoms with E-state index in [0.717, 1.165) is 23.2 Å². The highest BCUT2D eigenvalue weighted by Gasteiger charge is 2.14. The molecule has 0 saturated heterocycles. The van der Waals surface area contributed by atoms with Crippen LogP contribution in [0.1, 0.15) is 17.5 Å². The zero-order valence-corrected chi connectivity index (χ0v) is 16.4. The lowest BCUT2D eigenvalue weighted by Crippen LogP contribution is -2.30. The third-order valence-electron chi connectivity index (χ3n) is 4.22. The van der Waals surface area contributed by atoms with E-state index in [1.807, 2.05) is 36.4 Å². The fourth-order valence-corrected chi connectivity index (χ4v) is 2.65. The van der Waals surface area contributed by atoms with Crippen LogP contribution >= 0.6 is 0 Å². The van der Waals surface area contributed by atoms with Crippen molar-refractivity contribution in [1.29, 1.82) is 0 Å². The van der Waals surface area contributed by atoms with Crippen LogP contribution in [0.4, 0.5) is 0 Å². The minimum absolute atomic E-state index is 0.185. The molecule has 148 valence electrons. The predicted molar refractivity (Wildman–Crippen MR) is 108 cm³/mol. The number of benzene rings is 2. The highest BCUT2D eigenvalue weighted by atomic mass is 16.5. The molecule has 2 rings (SSSR count). The molecule has 0 saturated carbocycles. The summed E-state index contributed by atoms with van der Waals surface area (Å²) in [6, 6.07) is 12.8. The van der Waals surface area contributed by atoms with Crippen molar-refractivity contribution in [3.05, 3.63) is 59.7 Å². The molecule has 0 spiro atoms. The van der Waals surface area contributed by atoms with E-state index in [1.165, 1.54) is 6.08 Å². The Kier molecular flexibility index (Phi) is 8.09. The zero-order valence-electron chi connectivity index (χ0n) is 16.4. The zero-order chi connectivity index (χ0) is 20.4. The molecule has 6 heteroatoms. The smallest absolute Gasteiger partial charge is 0.246 e. The molecule has 0 aliphatic carbocycles. The highest BCUT2D eigenvalue weighted by Crippen LogP contribution is 2.26. The van der Waals surface area contributed by atoms with Gasteiger partial charge in [-0.25, -0.2) is 0 Å². The van der Waals surface area contributed by atoms with Crippen molar-refractivity contribution >= 4 is 18.3 Å². The first-order chi connectivity index (χ1) is 13.6. The maximum atomic E-state index is 12.7. The summed E-state index contributed by atoms with van der Waals surface area (Å²) in [5.74, 6) is 1.87. The number of carbonyl (C=O) groups is 2. The quantitative estimate of drug-likeness (QED) is 0.465. The largest absolute Gasteiger partial charge is 0.497 e. The van der Waals surface area contributed by atoms with E-state index in [4.69, 9.17) is 14.2 Å². The molecule has 0 heterocycles. The van der Waals surface area contributed by atoms with Gasteiger partial charge in [-0.1, -0.05) is 12.1 Å². The van der Waals surface area contributed by atoms with E-state index >= 15 is 0 Å². The van der Waals surface area contributed by atoms with Gasteiger partial charge in [-0.15, -0.1) is 0 Å². The Labute approximate surface area is 165 Å². The Hall–Kier alpha value is -3.28. The molecular weight excluding hydrogens is 358 g/mol. The molecule has 0 radical (unpaired) electrons. The third-order valence-corrected chi connectivity index (χ3v) is 4.22. The van der Waals surface area contributed by atoms with E-state index in [2.05, 4.69) is 0 Å². The topological polar surface area (TPSA) is 65.1 Å². The number of nitrogens with zero attached hydrogens (tertiary/aromatic N) is 1. The number of carbonyl (C=O) groups excluding carboxylic acids is 2. The van der Waals surface area contributed by atoms with Crippen molar-refractivity contribution in [3.63, 3.8) is 0 Å². The monoisotopic (exact) mass is 383 g/mol. The lowest BCUT2D eigenvalue weighted by atomic mass is 10.1. The molecule has 0 aliphatic rings. The second kappa shape index (κ2) is 10.8. The molecule has 0 atom stereocenters. The van der Waals surface area contributed by atoms with Gasteiger partial charge in [0.05, 0.1) is 21.3 Å². The van der Waals surface area contributed by atoms with Crippen LogP contribution in [0.25, 0.3) is 6.08 Å². The summed E-state index contributed by atoms with van der Waals surface area (Å²) in [6.07, 6.45) is 4.31. The Bertz CT molecular complexity index is 814. The number of rotatable bonds is 10. The average Bonchev–Trinajstić information content (AvgIpc) is 2.75. The predicted octanol–water partition coefficient (Wildman–Crippen LogP) is 3.34. The van der Waals surface area contributed by atoms with Gasteiger partial charge in [-0.3, -0.25) is 4.79 Å². The molecule has 2 aromatic rings. The van der Waals surface area contributed by atoms with E-state index in [1.54, 1.807) is 38.4 Å². The third kappa shape index (κ3) is 5.87. The number of methoxy groups -OCH3 is 3. The first-order valence-electron chi connectivity index (χ1n) is 8.86. The number of hydrogen-bond acceptors (Lipinski definition) is 5. The molecule has 0 fully saturated rings. The van der Waals surface area contributed by atoms with Crippen LogP contribution in [0.2, 0.25) is 0 Å². The van der Waals surface area contributed by atoms with E-state index in [0.29, 0.717) is 24.6 Å². The normalized spacial score (nSPS) is 10.5. The average molecular weight is 383 g/mol. The van der Waals surface area contributed by atoms with Gasteiger partial charge in [0.1, 0.15) is 23.5 Å². The Morgan fingerprint density at radius 1 is 0.964 bits per heavy atom. The van der Waals surface area contributed by atoms with Crippen molar-refractivity contribution in [2.45, 2.75) is 13.0 Å². The van der Waals surface area contributed by atoms with Gasteiger partial charge >= 0.3 is 0 Å². The number of amides is 1. The maximum Gasteiger partial charge on any atom is 0.246 e. The molecule has 0 unspecified atom stereocenters. The van der Waals surface area contributed by atoms with Crippen molar-refractivity contribution in [3.8, 4) is 17.2 Å². The maximum absolute atomic E-state index is 12.7. The van der Waals surface area contributed by atoms with Crippen molar-refractivity contribution in [2.75, 3.05) is 27.9 Å². The van der Waals surface area contributed by atoms with E-state index in [9.17, 15) is 9.59 Å². The first-order valence-corrected chi connectivity index (χ1v) is 8.86. The van der Waals surface area contributed by atoms with Gasteiger partial charge in [0.25, 0.3) is 0 Å². The Morgan fingerprint density at radius 3 is 2.25 bits per heavy atom. The molecule has 1 amide bonds. The lowest BCUT2D eigenvalue weighted by Gasteiger charge is -2.22. The van der Waals surface area contributed by atoms with E-state index < -0.39 is 0 Å². The van der Waals surface area contributed by atoms with Crippen LogP contribution < -0.4 is 14.2 Å². The summed E-state index contributed by atoms with van der Waals surface area (Å²) in [5.41, 5.74) is 1.71. The lowest BCUT2D eigenvalue weighted by molar-refractivity contribution is -0.126. The summed E-state index contributed by atoms with van der Waals surface area (Å²) in [7, 11) is 4.75. The minimum atomic E-state index is -0.185. The minimum Gasteiger partial charge on any atom is -0.497 e. The van der Waals surface area contributed by atoms with Crippen molar-refractivity contribution in [1.82, 2.24) is 4.90 Å². The molecule has 0 bridgehead atoms. The molecule has 0 aromatic heterocycles. The summed E-state index contributed by atoms with van der Waals surface area (Å²) in [4.78, 5) is 25.1. The van der Waals surface area contributed by atoms with Crippen LogP contribution in [0.15, 0.2) is 48.5 Å². The van der Waals surface area contributed by atoms with Gasteiger partial charge < -0.3 is 23.9 Å². The summed E-state index contributed by atoms with van der Waals surface area (Å²) < 4.78 is 15.7. The van der Waals surface area contributed by atoms with Crippen LogP contribution in [-0.4, -0.2) is 45.0 Å². The molecular formula is C22H25NO5. The molecule has 28 heavy (non-hydrogen) atoms. The molecule has 0 aliphatic heterocycles.